The van der Waals surface area contributed by atoms with Crippen LogP contribution in [0.5, 0.6) is 0 Å². The molecular weight excluding hydrogens is 617 g/mol. The molecule has 0 radical (unpaired) electrons. The maximum Gasteiger partial charge on any atom is 0.264 e. The smallest absolute Gasteiger partial charge is 0.264 e. The summed E-state index contributed by atoms with van der Waals surface area (Å²) in [7, 11) is 0. The third-order valence-corrected chi connectivity index (χ3v) is 11.3. The summed E-state index contributed by atoms with van der Waals surface area (Å²) < 4.78 is 3.58. The predicted octanol–water partition coefficient (Wildman–Crippen LogP) is 9.55. The van der Waals surface area contributed by atoms with Crippen LogP contribution in [0.15, 0.2) is 131 Å². The van der Waals surface area contributed by atoms with Crippen LogP contribution in [0.1, 0.15) is 0 Å². The molecule has 0 bridgehead atoms. The zero-order valence-corrected chi connectivity index (χ0v) is 26.2. The second kappa shape index (κ2) is 8.20. The summed E-state index contributed by atoms with van der Waals surface area (Å²) in [6, 6.07) is 41.1. The van der Waals surface area contributed by atoms with Crippen molar-refractivity contribution in [2.45, 2.75) is 0 Å². The fourth-order valence-corrected chi connectivity index (χ4v) is 9.35. The highest BCUT2D eigenvalue weighted by molar-refractivity contribution is 6.40. The fraction of sp³-hybridized carbons (Fsp3) is 0. The first-order valence-electron chi connectivity index (χ1n) is 16.8. The summed E-state index contributed by atoms with van der Waals surface area (Å²) >= 11 is 0. The number of rotatable bonds is 0. The number of hydrogen-bond acceptors (Lipinski definition) is 4. The molecule has 0 spiro atoms. The van der Waals surface area contributed by atoms with Crippen molar-refractivity contribution in [1.29, 1.82) is 0 Å². The molecule has 4 aromatic heterocycles. The molecule has 13 aromatic rings. The Morgan fingerprint density at radius 1 is 0.340 bits per heavy atom. The van der Waals surface area contributed by atoms with E-state index in [9.17, 15) is 9.59 Å². The largest absolute Gasteiger partial charge is 0.268 e. The first-order valence-corrected chi connectivity index (χ1v) is 16.8. The van der Waals surface area contributed by atoms with Gasteiger partial charge in [0.25, 0.3) is 11.1 Å². The highest BCUT2D eigenvalue weighted by Gasteiger charge is 2.24. The van der Waals surface area contributed by atoms with Crippen LogP contribution in [0.3, 0.4) is 0 Å². The Kier molecular flexibility index (Phi) is 4.12. The second-order valence-corrected chi connectivity index (χ2v) is 13.6. The lowest BCUT2D eigenvalue weighted by Crippen LogP contribution is -2.17. The molecule has 4 heterocycles. The number of benzene rings is 9. The Morgan fingerprint density at radius 2 is 0.680 bits per heavy atom. The Labute approximate surface area is 279 Å². The van der Waals surface area contributed by atoms with E-state index in [1.165, 1.54) is 0 Å². The van der Waals surface area contributed by atoms with Gasteiger partial charge in [-0.2, -0.15) is 0 Å². The molecule has 228 valence electrons. The van der Waals surface area contributed by atoms with Crippen molar-refractivity contribution in [3.63, 3.8) is 0 Å². The molecule has 0 aliphatic rings. The molecule has 0 saturated carbocycles. The predicted molar refractivity (Wildman–Crippen MR) is 205 cm³/mol. The van der Waals surface area contributed by atoms with Crippen LogP contribution in [0.25, 0.3) is 120 Å². The summed E-state index contributed by atoms with van der Waals surface area (Å²) in [5.41, 5.74) is 4.63. The lowest BCUT2D eigenvalue weighted by Gasteiger charge is -2.20. The molecule has 0 amide bonds. The summed E-state index contributed by atoms with van der Waals surface area (Å²) in [6.45, 7) is 0. The Bertz CT molecular complexity index is 3540. The molecule has 50 heavy (non-hydrogen) atoms. The lowest BCUT2D eigenvalue weighted by molar-refractivity contribution is 1.15. The molecule has 0 saturated heterocycles. The van der Waals surface area contributed by atoms with Gasteiger partial charge in [-0.3, -0.25) is 18.4 Å². The number of nitrogens with zero attached hydrogens (tertiary/aromatic N) is 4. The Morgan fingerprint density at radius 3 is 1.10 bits per heavy atom. The van der Waals surface area contributed by atoms with Crippen molar-refractivity contribution in [2.24, 2.45) is 0 Å². The van der Waals surface area contributed by atoms with Crippen molar-refractivity contribution in [2.75, 3.05) is 0 Å². The van der Waals surface area contributed by atoms with Crippen LogP contribution in [-0.2, 0) is 0 Å². The van der Waals surface area contributed by atoms with Crippen molar-refractivity contribution in [1.82, 2.24) is 18.8 Å². The van der Waals surface area contributed by atoms with Gasteiger partial charge in [0.1, 0.15) is 11.3 Å². The second-order valence-electron chi connectivity index (χ2n) is 13.6. The van der Waals surface area contributed by atoms with E-state index in [-0.39, 0.29) is 11.1 Å². The van der Waals surface area contributed by atoms with E-state index in [1.807, 2.05) is 60.7 Å². The third-order valence-electron chi connectivity index (χ3n) is 11.3. The maximum absolute atomic E-state index is 14.5. The molecule has 13 rings (SSSR count). The van der Waals surface area contributed by atoms with Gasteiger partial charge in [-0.1, -0.05) is 72.8 Å². The molecule has 0 atom stereocenters. The lowest BCUT2D eigenvalue weighted by atomic mass is 9.86. The van der Waals surface area contributed by atoms with Crippen LogP contribution >= 0.6 is 0 Å². The molecule has 0 fully saturated rings. The SMILES string of the molecule is O=c1c2ccc3c4ccc5c6c(ccc(c7ccc(c2c37)c2nc3cccc7cccc(c73)n12)c46)c(=O)n1c2cccc3cccc(nc51)c32. The van der Waals surface area contributed by atoms with Gasteiger partial charge >= 0.3 is 0 Å². The zero-order valence-electron chi connectivity index (χ0n) is 26.2. The van der Waals surface area contributed by atoms with Crippen LogP contribution in [0.4, 0.5) is 0 Å². The van der Waals surface area contributed by atoms with Crippen LogP contribution < -0.4 is 11.1 Å². The van der Waals surface area contributed by atoms with Gasteiger partial charge in [-0.05, 0) is 91.6 Å². The maximum atomic E-state index is 14.5. The van der Waals surface area contributed by atoms with Crippen molar-refractivity contribution < 1.29 is 0 Å². The number of hydrogen-bond donors (Lipinski definition) is 0. The fourth-order valence-electron chi connectivity index (χ4n) is 9.35. The van der Waals surface area contributed by atoms with Gasteiger partial charge in [-0.15, -0.1) is 0 Å². The van der Waals surface area contributed by atoms with Crippen molar-refractivity contribution >= 4 is 120 Å². The molecular formula is C44H20N4O2. The normalized spacial score (nSPS) is 13.0. The van der Waals surface area contributed by atoms with Crippen molar-refractivity contribution in [3.8, 4) is 0 Å². The monoisotopic (exact) mass is 636 g/mol. The molecule has 6 heteroatoms. The summed E-state index contributed by atoms with van der Waals surface area (Å²) in [4.78, 5) is 39.3. The molecule has 0 N–H and O–H groups in total. The highest BCUT2D eigenvalue weighted by atomic mass is 16.1. The standard InChI is InChI=1S/C44H20N4O2/c49-43-29-19-15-25-24-14-18-28-40-30(44(50)48-34-12-4-8-22-6-2-10-32(36(22)34)46-42(28)48)20-16-26(38(24)40)23-13-17-27(39(29)37(23)25)41-45-31-9-1-5-21-7-3-11-33(35(21)31)47(41)43/h1-20H. The van der Waals surface area contributed by atoms with E-state index in [4.69, 9.17) is 9.97 Å². The van der Waals surface area contributed by atoms with Gasteiger partial charge in [0.05, 0.1) is 22.1 Å². The minimum atomic E-state index is -0.0747. The Balaban J connectivity index is 1.25. The molecule has 6 nitrogen and oxygen atoms in total. The minimum absolute atomic E-state index is 0.0747. The van der Waals surface area contributed by atoms with Gasteiger partial charge in [-0.25, -0.2) is 9.97 Å². The average Bonchev–Trinajstić information content (AvgIpc) is 3.15. The van der Waals surface area contributed by atoms with Crippen molar-refractivity contribution in [3.05, 3.63) is 142 Å². The average molecular weight is 637 g/mol. The summed E-state index contributed by atoms with van der Waals surface area (Å²) in [5, 5.41) is 15.5. The topological polar surface area (TPSA) is 68.7 Å². The minimum Gasteiger partial charge on any atom is -0.268 e. The number of pyridine rings is 2. The summed E-state index contributed by atoms with van der Waals surface area (Å²) in [5.74, 6) is 0. The van der Waals surface area contributed by atoms with Gasteiger partial charge in [0.2, 0.25) is 0 Å². The van der Waals surface area contributed by atoms with E-state index in [0.29, 0.717) is 22.1 Å². The van der Waals surface area contributed by atoms with E-state index in [2.05, 4.69) is 60.7 Å². The van der Waals surface area contributed by atoms with E-state index < -0.39 is 0 Å². The van der Waals surface area contributed by atoms with E-state index >= 15 is 0 Å². The van der Waals surface area contributed by atoms with Crippen LogP contribution in [0.2, 0.25) is 0 Å². The highest BCUT2D eigenvalue weighted by Crippen LogP contribution is 2.46. The first kappa shape index (κ1) is 25.1. The van der Waals surface area contributed by atoms with Gasteiger partial charge < -0.3 is 0 Å². The number of fused-ring (bicyclic) bond motifs is 8. The third kappa shape index (κ3) is 2.67. The molecule has 0 aliphatic carbocycles. The van der Waals surface area contributed by atoms with E-state index in [0.717, 1.165) is 97.5 Å². The van der Waals surface area contributed by atoms with Crippen LogP contribution in [-0.4, -0.2) is 18.8 Å². The molecule has 9 aromatic carbocycles. The molecule has 0 aliphatic heterocycles. The summed E-state index contributed by atoms with van der Waals surface area (Å²) in [6.07, 6.45) is 0. The Hall–Kier alpha value is -6.92. The van der Waals surface area contributed by atoms with E-state index in [1.54, 1.807) is 8.80 Å². The van der Waals surface area contributed by atoms with Gasteiger partial charge in [0, 0.05) is 43.1 Å². The van der Waals surface area contributed by atoms with Gasteiger partial charge in [0.15, 0.2) is 0 Å². The zero-order chi connectivity index (χ0) is 32.6. The molecule has 0 unspecified atom stereocenters. The van der Waals surface area contributed by atoms with Crippen LogP contribution in [0, 0.1) is 0 Å². The first-order chi connectivity index (χ1) is 24.7. The quantitative estimate of drug-likeness (QED) is 0.123. The number of aromatic nitrogens is 4.